The fourth-order valence-corrected chi connectivity index (χ4v) is 2.33. The fraction of sp³-hybridized carbons (Fsp3) is 0.167. The lowest BCUT2D eigenvalue weighted by molar-refractivity contribution is -0.783. The van der Waals surface area contributed by atoms with E-state index in [1.807, 2.05) is 79.1 Å². The molecule has 3 N–H and O–H groups in total. The molecule has 0 aliphatic carbocycles. The van der Waals surface area contributed by atoms with Gasteiger partial charge in [0.1, 0.15) is 6.04 Å². The van der Waals surface area contributed by atoms with Crippen LogP contribution in [0.3, 0.4) is 0 Å². The van der Waals surface area contributed by atoms with Gasteiger partial charge in [0, 0.05) is 12.6 Å². The van der Waals surface area contributed by atoms with E-state index in [4.69, 9.17) is 11.8 Å². The van der Waals surface area contributed by atoms with Crippen LogP contribution in [0.15, 0.2) is 54.6 Å². The van der Waals surface area contributed by atoms with Gasteiger partial charge in [0.15, 0.2) is 0 Å². The molecule has 0 bridgehead atoms. The first-order chi connectivity index (χ1) is 10.2. The number of quaternary nitrogens is 1. The number of nitrogens with zero attached hydrogens (tertiary/aromatic N) is 1. The van der Waals surface area contributed by atoms with Gasteiger partial charge in [-0.2, -0.15) is 0 Å². The van der Waals surface area contributed by atoms with Crippen LogP contribution < -0.4 is 5.43 Å². The van der Waals surface area contributed by atoms with Gasteiger partial charge in [-0.3, -0.25) is 5.43 Å². The highest BCUT2D eigenvalue weighted by molar-refractivity contribution is 6.02. The van der Waals surface area contributed by atoms with E-state index in [9.17, 15) is 0 Å². The molecule has 3 heteroatoms. The van der Waals surface area contributed by atoms with Crippen LogP contribution in [0.4, 0.5) is 0 Å². The van der Waals surface area contributed by atoms with E-state index in [-0.39, 0.29) is 6.04 Å². The van der Waals surface area contributed by atoms with Crippen molar-refractivity contribution < 1.29 is 5.43 Å². The molecule has 0 saturated heterocycles. The largest absolute Gasteiger partial charge is 0.302 e. The molecular weight excluding hydrogens is 258 g/mol. The Labute approximate surface area is 126 Å². The first-order valence-corrected chi connectivity index (χ1v) is 6.89. The minimum Gasteiger partial charge on any atom is -0.302 e. The van der Waals surface area contributed by atoms with Gasteiger partial charge in [-0.25, -0.2) is 0 Å². The summed E-state index contributed by atoms with van der Waals surface area (Å²) in [6.07, 6.45) is 5.49. The van der Waals surface area contributed by atoms with Crippen LogP contribution in [0.2, 0.25) is 0 Å². The molecule has 0 spiro atoms. The Morgan fingerprint density at radius 1 is 1.19 bits per heavy atom. The monoisotopic (exact) mass is 278 g/mol. The summed E-state index contributed by atoms with van der Waals surface area (Å²) in [5, 5.41) is 10.6. The smallest absolute Gasteiger partial charge is 0.125 e. The fourth-order valence-electron chi connectivity index (χ4n) is 2.33. The number of rotatable bonds is 5. The molecule has 2 aromatic rings. The van der Waals surface area contributed by atoms with Crippen molar-refractivity contribution in [2.45, 2.75) is 6.04 Å². The predicted molar refractivity (Wildman–Crippen MR) is 86.0 cm³/mol. The molecule has 0 radical (unpaired) electrons. The molecule has 0 amide bonds. The third-order valence-electron chi connectivity index (χ3n) is 3.54. The molecular formula is C18H20N3+. The van der Waals surface area contributed by atoms with E-state index in [0.29, 0.717) is 5.71 Å². The Hall–Kier alpha value is -2.41. The zero-order valence-electron chi connectivity index (χ0n) is 12.4. The number of hydrogen-bond donors (Lipinski definition) is 2. The van der Waals surface area contributed by atoms with Crippen molar-refractivity contribution in [3.05, 3.63) is 71.3 Å². The van der Waals surface area contributed by atoms with Gasteiger partial charge < -0.3 is 5.41 Å². The molecule has 0 aliphatic heterocycles. The van der Waals surface area contributed by atoms with Gasteiger partial charge >= 0.3 is 0 Å². The molecule has 0 aliphatic rings. The van der Waals surface area contributed by atoms with Gasteiger partial charge in [-0.15, -0.1) is 11.4 Å². The molecule has 0 aromatic heterocycles. The second kappa shape index (κ2) is 6.85. The Morgan fingerprint density at radius 2 is 1.90 bits per heavy atom. The maximum atomic E-state index is 8.57. The first-order valence-electron chi connectivity index (χ1n) is 6.89. The zero-order valence-corrected chi connectivity index (χ0v) is 12.4. The normalized spacial score (nSPS) is 11.9. The highest BCUT2D eigenvalue weighted by atomic mass is 15.5. The summed E-state index contributed by atoms with van der Waals surface area (Å²) in [5.74, 6) is 2.66. The summed E-state index contributed by atoms with van der Waals surface area (Å²) in [6.45, 7) is 0. The van der Waals surface area contributed by atoms with Crippen LogP contribution in [-0.4, -0.2) is 24.8 Å². The molecule has 0 fully saturated rings. The van der Waals surface area contributed by atoms with Gasteiger partial charge in [-0.1, -0.05) is 48.4 Å². The van der Waals surface area contributed by atoms with Crippen LogP contribution in [0.5, 0.6) is 0 Å². The average molecular weight is 278 g/mol. The van der Waals surface area contributed by atoms with Gasteiger partial charge in [0.2, 0.25) is 0 Å². The Balaban J connectivity index is 2.44. The van der Waals surface area contributed by atoms with Crippen LogP contribution >= 0.6 is 0 Å². The second-order valence-electron chi connectivity index (χ2n) is 4.88. The number of hydrogen-bond acceptors (Lipinski definition) is 2. The SMILES string of the molecule is C#Cc1cccc(C(C(=N)c2ccccc2)N(C)[NH2+]C)c1. The van der Waals surface area contributed by atoms with Crippen LogP contribution in [0.1, 0.15) is 22.7 Å². The van der Waals surface area contributed by atoms with E-state index in [2.05, 4.69) is 5.92 Å². The summed E-state index contributed by atoms with van der Waals surface area (Å²) in [5.41, 5.74) is 5.32. The van der Waals surface area contributed by atoms with Crippen molar-refractivity contribution in [3.63, 3.8) is 0 Å². The van der Waals surface area contributed by atoms with Gasteiger partial charge in [0.25, 0.3) is 0 Å². The third-order valence-corrected chi connectivity index (χ3v) is 3.54. The summed E-state index contributed by atoms with van der Waals surface area (Å²) in [4.78, 5) is 0. The van der Waals surface area contributed by atoms with Crippen LogP contribution in [-0.2, 0) is 0 Å². The van der Waals surface area contributed by atoms with Crippen LogP contribution in [0.25, 0.3) is 0 Å². The Morgan fingerprint density at radius 3 is 2.52 bits per heavy atom. The first kappa shape index (κ1) is 15.0. The number of benzene rings is 2. The lowest BCUT2D eigenvalue weighted by atomic mass is 9.95. The molecule has 1 unspecified atom stereocenters. The molecule has 0 saturated carbocycles. The van der Waals surface area contributed by atoms with Crippen molar-refractivity contribution in [1.29, 1.82) is 5.41 Å². The lowest BCUT2D eigenvalue weighted by Crippen LogP contribution is -2.90. The van der Waals surface area contributed by atoms with E-state index in [1.165, 1.54) is 0 Å². The lowest BCUT2D eigenvalue weighted by Gasteiger charge is -2.25. The number of nitrogens with two attached hydrogens (primary N) is 1. The number of terminal acetylenes is 1. The maximum absolute atomic E-state index is 8.57. The molecule has 3 nitrogen and oxygen atoms in total. The average Bonchev–Trinajstić information content (AvgIpc) is 2.55. The molecule has 2 rings (SSSR count). The number of nitrogens with one attached hydrogen (secondary N) is 1. The number of likely N-dealkylation sites (N-methyl/N-ethyl adjacent to an activating group) is 1. The highest BCUT2D eigenvalue weighted by Gasteiger charge is 2.25. The summed E-state index contributed by atoms with van der Waals surface area (Å²) < 4.78 is 0. The van der Waals surface area contributed by atoms with Crippen molar-refractivity contribution in [1.82, 2.24) is 5.01 Å². The Bertz CT molecular complexity index is 656. The minimum atomic E-state index is -0.148. The summed E-state index contributed by atoms with van der Waals surface area (Å²) >= 11 is 0. The van der Waals surface area contributed by atoms with E-state index in [0.717, 1.165) is 16.7 Å². The standard InChI is InChI=1S/C18H19N3/c1-4-14-9-8-12-16(13-14)18(21(3)20-2)17(19)15-10-6-5-7-11-15/h1,5-13,18-20H,2-3H3/p+1. The van der Waals surface area contributed by atoms with Crippen molar-refractivity contribution >= 4 is 5.71 Å². The molecule has 1 atom stereocenters. The van der Waals surface area contributed by atoms with Crippen molar-refractivity contribution in [3.8, 4) is 12.3 Å². The Kier molecular flexibility index (Phi) is 4.89. The van der Waals surface area contributed by atoms with Gasteiger partial charge in [-0.05, 0) is 23.3 Å². The summed E-state index contributed by atoms with van der Waals surface area (Å²) in [7, 11) is 3.95. The molecule has 0 heterocycles. The predicted octanol–water partition coefficient (Wildman–Crippen LogP) is 1.82. The minimum absolute atomic E-state index is 0.148. The summed E-state index contributed by atoms with van der Waals surface area (Å²) in [6, 6.07) is 17.5. The van der Waals surface area contributed by atoms with E-state index < -0.39 is 0 Å². The second-order valence-corrected chi connectivity index (χ2v) is 4.88. The quantitative estimate of drug-likeness (QED) is 0.372. The van der Waals surface area contributed by atoms with E-state index in [1.54, 1.807) is 0 Å². The highest BCUT2D eigenvalue weighted by Crippen LogP contribution is 2.22. The molecule has 2 aromatic carbocycles. The van der Waals surface area contributed by atoms with Crippen molar-refractivity contribution in [2.75, 3.05) is 14.1 Å². The van der Waals surface area contributed by atoms with E-state index >= 15 is 0 Å². The molecule has 106 valence electrons. The third kappa shape index (κ3) is 3.38. The maximum Gasteiger partial charge on any atom is 0.125 e. The zero-order chi connectivity index (χ0) is 15.2. The molecule has 21 heavy (non-hydrogen) atoms. The van der Waals surface area contributed by atoms with Crippen molar-refractivity contribution in [2.24, 2.45) is 0 Å². The van der Waals surface area contributed by atoms with Crippen LogP contribution in [0, 0.1) is 17.8 Å². The topological polar surface area (TPSA) is 43.7 Å². The van der Waals surface area contributed by atoms with Gasteiger partial charge in [0.05, 0.1) is 12.8 Å².